The number of hydrogen-bond donors (Lipinski definition) is 1. The number of carbonyl (C=O) groups is 1. The van der Waals surface area contributed by atoms with Gasteiger partial charge in [-0.25, -0.2) is 8.42 Å². The van der Waals surface area contributed by atoms with Crippen molar-refractivity contribution in [2.45, 2.75) is 19.9 Å². The Morgan fingerprint density at radius 3 is 2.36 bits per heavy atom. The van der Waals surface area contributed by atoms with Crippen molar-refractivity contribution in [3.8, 4) is 5.75 Å². The van der Waals surface area contributed by atoms with Crippen LogP contribution in [0.1, 0.15) is 12.5 Å². The lowest BCUT2D eigenvalue weighted by Crippen LogP contribution is -2.44. The molecule has 1 N–H and O–H groups in total. The highest BCUT2D eigenvalue weighted by molar-refractivity contribution is 7.92. The van der Waals surface area contributed by atoms with Crippen LogP contribution < -0.4 is 14.4 Å². The molecule has 0 saturated carbocycles. The number of ether oxygens (including phenoxy) is 1. The van der Waals surface area contributed by atoms with Crippen LogP contribution in [0.2, 0.25) is 10.0 Å². The number of rotatable bonds is 8. The Labute approximate surface area is 175 Å². The Morgan fingerprint density at radius 1 is 1.14 bits per heavy atom. The first-order valence-corrected chi connectivity index (χ1v) is 11.1. The van der Waals surface area contributed by atoms with Crippen LogP contribution in [0.3, 0.4) is 0 Å². The second-order valence-corrected chi connectivity index (χ2v) is 9.18. The molecule has 2 aromatic carbocycles. The molecule has 0 fully saturated rings. The number of carbonyl (C=O) groups excluding carboxylic acids is 1. The zero-order valence-corrected chi connectivity index (χ0v) is 18.1. The summed E-state index contributed by atoms with van der Waals surface area (Å²) in [5, 5.41) is 3.23. The molecular weight excluding hydrogens is 423 g/mol. The summed E-state index contributed by atoms with van der Waals surface area (Å²) in [5.41, 5.74) is 1.38. The van der Waals surface area contributed by atoms with Crippen molar-refractivity contribution in [2.24, 2.45) is 0 Å². The van der Waals surface area contributed by atoms with Crippen LogP contribution >= 0.6 is 23.2 Å². The maximum absolute atomic E-state index is 12.4. The maximum atomic E-state index is 12.4. The summed E-state index contributed by atoms with van der Waals surface area (Å²) in [5.74, 6) is 0.233. The molecule has 2 rings (SSSR count). The fourth-order valence-corrected chi connectivity index (χ4v) is 3.53. The fourth-order valence-electron chi connectivity index (χ4n) is 2.39. The first-order valence-electron chi connectivity index (χ1n) is 8.48. The van der Waals surface area contributed by atoms with E-state index in [2.05, 4.69) is 5.32 Å². The van der Waals surface area contributed by atoms with Gasteiger partial charge in [-0.3, -0.25) is 9.10 Å². The predicted molar refractivity (Wildman–Crippen MR) is 113 cm³/mol. The lowest BCUT2D eigenvalue weighted by molar-refractivity contribution is -0.120. The van der Waals surface area contributed by atoms with Crippen LogP contribution in [0.5, 0.6) is 5.75 Å². The van der Waals surface area contributed by atoms with E-state index in [1.165, 1.54) is 18.2 Å². The topological polar surface area (TPSA) is 75.7 Å². The lowest BCUT2D eigenvalue weighted by atomic mass is 10.2. The van der Waals surface area contributed by atoms with Crippen LogP contribution in [0.15, 0.2) is 42.5 Å². The smallest absolute Gasteiger partial charge is 0.241 e. The standard InChI is InChI=1S/C19H22Cl2N2O4S/c1-13-4-7-16(8-5-13)27-12-14(2)22-19(24)11-23(28(3,25)26)15-6-9-17(20)18(21)10-15/h4-10,14H,11-12H2,1-3H3,(H,22,24)/t14-/m0/s1. The van der Waals surface area contributed by atoms with Gasteiger partial charge in [-0.15, -0.1) is 0 Å². The van der Waals surface area contributed by atoms with E-state index in [1.54, 1.807) is 6.92 Å². The molecule has 0 aliphatic carbocycles. The number of anilines is 1. The van der Waals surface area contributed by atoms with E-state index in [9.17, 15) is 13.2 Å². The monoisotopic (exact) mass is 444 g/mol. The van der Waals surface area contributed by atoms with Crippen LogP contribution in [-0.4, -0.2) is 39.8 Å². The predicted octanol–water partition coefficient (Wildman–Crippen LogP) is 3.65. The van der Waals surface area contributed by atoms with Gasteiger partial charge in [-0.05, 0) is 44.2 Å². The van der Waals surface area contributed by atoms with Crippen LogP contribution in [0.25, 0.3) is 0 Å². The quantitative estimate of drug-likeness (QED) is 0.673. The average Bonchev–Trinajstić information content (AvgIpc) is 2.61. The lowest BCUT2D eigenvalue weighted by Gasteiger charge is -2.23. The first kappa shape index (κ1) is 22.3. The Balaban J connectivity index is 1.99. The zero-order valence-electron chi connectivity index (χ0n) is 15.8. The first-order chi connectivity index (χ1) is 13.1. The second-order valence-electron chi connectivity index (χ2n) is 6.46. The van der Waals surface area contributed by atoms with Gasteiger partial charge in [-0.2, -0.15) is 0 Å². The number of halogens is 2. The number of benzene rings is 2. The number of nitrogens with zero attached hydrogens (tertiary/aromatic N) is 1. The van der Waals surface area contributed by atoms with Crippen LogP contribution in [-0.2, 0) is 14.8 Å². The Bertz CT molecular complexity index is 933. The van der Waals surface area contributed by atoms with Gasteiger partial charge in [0.1, 0.15) is 18.9 Å². The van der Waals surface area contributed by atoms with E-state index < -0.39 is 15.9 Å². The zero-order chi connectivity index (χ0) is 20.9. The van der Waals surface area contributed by atoms with E-state index in [1.807, 2.05) is 31.2 Å². The number of nitrogens with one attached hydrogen (secondary N) is 1. The summed E-state index contributed by atoms with van der Waals surface area (Å²) < 4.78 is 30.9. The molecule has 0 aliphatic heterocycles. The van der Waals surface area contributed by atoms with Crippen molar-refractivity contribution in [1.29, 1.82) is 0 Å². The Kier molecular flexibility index (Phi) is 7.57. The third-order valence-corrected chi connectivity index (χ3v) is 5.69. The minimum Gasteiger partial charge on any atom is -0.491 e. The van der Waals surface area contributed by atoms with Gasteiger partial charge in [-0.1, -0.05) is 40.9 Å². The molecule has 1 amide bonds. The summed E-state index contributed by atoms with van der Waals surface area (Å²) in [6, 6.07) is 11.6. The number of aryl methyl sites for hydroxylation is 1. The molecule has 28 heavy (non-hydrogen) atoms. The van der Waals surface area contributed by atoms with Crippen molar-refractivity contribution < 1.29 is 17.9 Å². The van der Waals surface area contributed by atoms with E-state index in [-0.39, 0.29) is 29.9 Å². The molecule has 0 radical (unpaired) electrons. The molecule has 0 heterocycles. The molecule has 6 nitrogen and oxygen atoms in total. The van der Waals surface area contributed by atoms with E-state index in [0.29, 0.717) is 10.8 Å². The van der Waals surface area contributed by atoms with Crippen molar-refractivity contribution in [1.82, 2.24) is 5.32 Å². The van der Waals surface area contributed by atoms with Gasteiger partial charge in [0.05, 0.1) is 28.0 Å². The Hall–Kier alpha value is -1.96. The van der Waals surface area contributed by atoms with Gasteiger partial charge >= 0.3 is 0 Å². The van der Waals surface area contributed by atoms with E-state index >= 15 is 0 Å². The second kappa shape index (κ2) is 9.49. The van der Waals surface area contributed by atoms with Gasteiger partial charge in [0.2, 0.25) is 15.9 Å². The maximum Gasteiger partial charge on any atom is 0.241 e. The molecule has 0 aliphatic rings. The molecule has 0 spiro atoms. The molecule has 0 aromatic heterocycles. The summed E-state index contributed by atoms with van der Waals surface area (Å²) in [7, 11) is -3.70. The minimum atomic E-state index is -3.70. The molecule has 1 atom stereocenters. The number of hydrogen-bond acceptors (Lipinski definition) is 4. The molecule has 2 aromatic rings. The highest BCUT2D eigenvalue weighted by atomic mass is 35.5. The molecule has 0 bridgehead atoms. The summed E-state index contributed by atoms with van der Waals surface area (Å²) in [4.78, 5) is 12.4. The minimum absolute atomic E-state index is 0.202. The Morgan fingerprint density at radius 2 is 1.79 bits per heavy atom. The van der Waals surface area contributed by atoms with Crippen molar-refractivity contribution in [2.75, 3.05) is 23.7 Å². The molecule has 152 valence electrons. The van der Waals surface area contributed by atoms with E-state index in [0.717, 1.165) is 16.1 Å². The molecule has 0 unspecified atom stereocenters. The fraction of sp³-hybridized carbons (Fsp3) is 0.316. The van der Waals surface area contributed by atoms with E-state index in [4.69, 9.17) is 27.9 Å². The van der Waals surface area contributed by atoms with Crippen molar-refractivity contribution in [3.63, 3.8) is 0 Å². The van der Waals surface area contributed by atoms with Crippen molar-refractivity contribution in [3.05, 3.63) is 58.1 Å². The largest absolute Gasteiger partial charge is 0.491 e. The third kappa shape index (κ3) is 6.58. The summed E-state index contributed by atoms with van der Waals surface area (Å²) in [6.45, 7) is 3.62. The average molecular weight is 445 g/mol. The van der Waals surface area contributed by atoms with Gasteiger partial charge in [0, 0.05) is 0 Å². The number of amides is 1. The number of sulfonamides is 1. The summed E-state index contributed by atoms with van der Waals surface area (Å²) in [6.07, 6.45) is 1.02. The van der Waals surface area contributed by atoms with Crippen LogP contribution in [0.4, 0.5) is 5.69 Å². The summed E-state index contributed by atoms with van der Waals surface area (Å²) >= 11 is 11.8. The molecular formula is C19H22Cl2N2O4S. The van der Waals surface area contributed by atoms with Gasteiger partial charge < -0.3 is 10.1 Å². The van der Waals surface area contributed by atoms with Crippen molar-refractivity contribution >= 4 is 44.8 Å². The molecule has 9 heteroatoms. The SMILES string of the molecule is Cc1ccc(OC[C@H](C)NC(=O)CN(c2ccc(Cl)c(Cl)c2)S(C)(=O)=O)cc1. The highest BCUT2D eigenvalue weighted by Gasteiger charge is 2.22. The van der Waals surface area contributed by atoms with Gasteiger partial charge in [0.15, 0.2) is 0 Å². The van der Waals surface area contributed by atoms with Gasteiger partial charge in [0.25, 0.3) is 0 Å². The van der Waals surface area contributed by atoms with Crippen LogP contribution in [0, 0.1) is 6.92 Å². The highest BCUT2D eigenvalue weighted by Crippen LogP contribution is 2.28. The molecule has 0 saturated heterocycles. The third-order valence-electron chi connectivity index (χ3n) is 3.81. The normalized spacial score (nSPS) is 12.3.